The zero-order chi connectivity index (χ0) is 10.8. The van der Waals surface area contributed by atoms with E-state index < -0.39 is 5.97 Å². The van der Waals surface area contributed by atoms with Crippen LogP contribution in [0, 0.1) is 17.8 Å². The molecule has 15 heavy (non-hydrogen) atoms. The number of nitrogens with one attached hydrogen (secondary N) is 1. The lowest BCUT2D eigenvalue weighted by atomic mass is 9.84. The summed E-state index contributed by atoms with van der Waals surface area (Å²) in [5.41, 5.74) is 5.43. The van der Waals surface area contributed by atoms with E-state index in [-0.39, 0.29) is 12.0 Å². The van der Waals surface area contributed by atoms with Crippen molar-refractivity contribution in [2.75, 3.05) is 13.1 Å². The molecule has 0 amide bonds. The zero-order valence-corrected chi connectivity index (χ0v) is 8.98. The summed E-state index contributed by atoms with van der Waals surface area (Å²) in [5.74, 6) is 0.241. The van der Waals surface area contributed by atoms with Gasteiger partial charge in [-0.1, -0.05) is 0 Å². The predicted octanol–water partition coefficient (Wildman–Crippen LogP) is 0.424. The first kappa shape index (κ1) is 10.9. The van der Waals surface area contributed by atoms with Crippen LogP contribution >= 0.6 is 0 Å². The van der Waals surface area contributed by atoms with E-state index in [1.54, 1.807) is 0 Å². The SMILES string of the molecule is NCCCNC1C2CCC(C2)C1C(=O)O. The summed E-state index contributed by atoms with van der Waals surface area (Å²) in [6, 6.07) is 0.202. The maximum atomic E-state index is 11.2. The number of nitrogens with two attached hydrogens (primary N) is 1. The van der Waals surface area contributed by atoms with Gasteiger partial charge in [0, 0.05) is 6.04 Å². The van der Waals surface area contributed by atoms with Crippen molar-refractivity contribution in [2.24, 2.45) is 23.5 Å². The summed E-state index contributed by atoms with van der Waals surface area (Å²) in [6.45, 7) is 1.53. The topological polar surface area (TPSA) is 75.3 Å². The highest BCUT2D eigenvalue weighted by atomic mass is 16.4. The molecule has 0 aromatic carbocycles. The van der Waals surface area contributed by atoms with Crippen LogP contribution in [0.2, 0.25) is 0 Å². The van der Waals surface area contributed by atoms with Crippen molar-refractivity contribution in [1.82, 2.24) is 5.32 Å². The monoisotopic (exact) mass is 212 g/mol. The molecule has 2 rings (SSSR count). The first-order valence-electron chi connectivity index (χ1n) is 5.90. The van der Waals surface area contributed by atoms with Crippen LogP contribution in [0.15, 0.2) is 0 Å². The van der Waals surface area contributed by atoms with Crippen molar-refractivity contribution in [2.45, 2.75) is 31.7 Å². The van der Waals surface area contributed by atoms with E-state index in [9.17, 15) is 9.90 Å². The molecule has 86 valence electrons. The third-order valence-electron chi connectivity index (χ3n) is 3.96. The third-order valence-corrected chi connectivity index (χ3v) is 3.96. The van der Waals surface area contributed by atoms with E-state index in [0.717, 1.165) is 25.8 Å². The molecule has 2 bridgehead atoms. The second kappa shape index (κ2) is 4.49. The zero-order valence-electron chi connectivity index (χ0n) is 8.98. The minimum atomic E-state index is -0.618. The first-order valence-corrected chi connectivity index (χ1v) is 5.90. The Morgan fingerprint density at radius 2 is 2.13 bits per heavy atom. The van der Waals surface area contributed by atoms with Gasteiger partial charge in [-0.3, -0.25) is 4.79 Å². The predicted molar refractivity (Wildman–Crippen MR) is 57.4 cm³/mol. The van der Waals surface area contributed by atoms with Crippen molar-refractivity contribution in [3.8, 4) is 0 Å². The van der Waals surface area contributed by atoms with E-state index in [1.165, 1.54) is 6.42 Å². The van der Waals surface area contributed by atoms with Crippen molar-refractivity contribution >= 4 is 5.97 Å². The molecule has 0 spiro atoms. The second-order valence-electron chi connectivity index (χ2n) is 4.82. The molecule has 2 aliphatic rings. The van der Waals surface area contributed by atoms with Crippen molar-refractivity contribution in [3.05, 3.63) is 0 Å². The fraction of sp³-hybridized carbons (Fsp3) is 0.909. The van der Waals surface area contributed by atoms with Crippen molar-refractivity contribution < 1.29 is 9.90 Å². The Kier molecular flexibility index (Phi) is 3.26. The van der Waals surface area contributed by atoms with Gasteiger partial charge in [0.05, 0.1) is 5.92 Å². The highest BCUT2D eigenvalue weighted by Crippen LogP contribution is 2.48. The molecular formula is C11H20N2O2. The molecule has 0 heterocycles. The average molecular weight is 212 g/mol. The summed E-state index contributed by atoms with van der Waals surface area (Å²) >= 11 is 0. The molecule has 4 N–H and O–H groups in total. The summed E-state index contributed by atoms with van der Waals surface area (Å²) < 4.78 is 0. The molecule has 0 aromatic heterocycles. The van der Waals surface area contributed by atoms with E-state index in [1.807, 2.05) is 0 Å². The Balaban J connectivity index is 1.93. The highest BCUT2D eigenvalue weighted by Gasteiger charge is 2.50. The summed E-state index contributed by atoms with van der Waals surface area (Å²) in [4.78, 5) is 11.2. The number of hydrogen-bond donors (Lipinski definition) is 3. The lowest BCUT2D eigenvalue weighted by molar-refractivity contribution is -0.144. The minimum absolute atomic E-state index is 0.151. The number of carbonyl (C=O) groups is 1. The number of fused-ring (bicyclic) bond motifs is 2. The Bertz CT molecular complexity index is 245. The van der Waals surface area contributed by atoms with Crippen LogP contribution in [-0.2, 0) is 4.79 Å². The van der Waals surface area contributed by atoms with Gasteiger partial charge >= 0.3 is 5.97 Å². The summed E-state index contributed by atoms with van der Waals surface area (Å²) in [5, 5.41) is 12.6. The van der Waals surface area contributed by atoms with Crippen LogP contribution < -0.4 is 11.1 Å². The molecule has 2 aliphatic carbocycles. The molecule has 0 radical (unpaired) electrons. The molecule has 2 fully saturated rings. The Hall–Kier alpha value is -0.610. The van der Waals surface area contributed by atoms with Crippen LogP contribution in [0.1, 0.15) is 25.7 Å². The van der Waals surface area contributed by atoms with Gasteiger partial charge in [0.25, 0.3) is 0 Å². The lowest BCUT2D eigenvalue weighted by Crippen LogP contribution is -2.44. The summed E-state index contributed by atoms with van der Waals surface area (Å²) in [6.07, 6.45) is 4.35. The highest BCUT2D eigenvalue weighted by molar-refractivity contribution is 5.72. The van der Waals surface area contributed by atoms with Gasteiger partial charge < -0.3 is 16.2 Å². The van der Waals surface area contributed by atoms with Crippen LogP contribution in [0.3, 0.4) is 0 Å². The van der Waals surface area contributed by atoms with Gasteiger partial charge in [-0.05, 0) is 50.6 Å². The standard InChI is InChI=1S/C11H20N2O2/c12-4-1-5-13-10-8-3-2-7(6-8)9(10)11(14)15/h7-10,13H,1-6,12H2,(H,14,15). The maximum absolute atomic E-state index is 11.2. The minimum Gasteiger partial charge on any atom is -0.481 e. The van der Waals surface area contributed by atoms with Gasteiger partial charge in [-0.2, -0.15) is 0 Å². The number of aliphatic carboxylic acids is 1. The Morgan fingerprint density at radius 3 is 2.80 bits per heavy atom. The van der Waals surface area contributed by atoms with Crippen LogP contribution in [0.5, 0.6) is 0 Å². The maximum Gasteiger partial charge on any atom is 0.308 e. The molecular weight excluding hydrogens is 192 g/mol. The van der Waals surface area contributed by atoms with E-state index in [2.05, 4.69) is 5.32 Å². The average Bonchev–Trinajstić information content (AvgIpc) is 2.77. The molecule has 4 atom stereocenters. The number of carboxylic acids is 1. The van der Waals surface area contributed by atoms with Crippen molar-refractivity contribution in [3.63, 3.8) is 0 Å². The smallest absolute Gasteiger partial charge is 0.308 e. The second-order valence-corrected chi connectivity index (χ2v) is 4.82. The van der Waals surface area contributed by atoms with Crippen LogP contribution in [-0.4, -0.2) is 30.2 Å². The molecule has 0 aromatic rings. The number of rotatable bonds is 5. The fourth-order valence-electron chi connectivity index (χ4n) is 3.31. The van der Waals surface area contributed by atoms with Crippen molar-refractivity contribution in [1.29, 1.82) is 0 Å². The summed E-state index contributed by atoms with van der Waals surface area (Å²) in [7, 11) is 0. The van der Waals surface area contributed by atoms with Gasteiger partial charge in [0.15, 0.2) is 0 Å². The van der Waals surface area contributed by atoms with Gasteiger partial charge in [0.1, 0.15) is 0 Å². The first-order chi connectivity index (χ1) is 7.24. The van der Waals surface area contributed by atoms with E-state index in [4.69, 9.17) is 5.73 Å². The largest absolute Gasteiger partial charge is 0.481 e. The molecule has 4 unspecified atom stereocenters. The molecule has 0 saturated heterocycles. The van der Waals surface area contributed by atoms with E-state index in [0.29, 0.717) is 18.4 Å². The number of carboxylic acid groups (broad SMARTS) is 1. The van der Waals surface area contributed by atoms with Crippen LogP contribution in [0.4, 0.5) is 0 Å². The molecule has 2 saturated carbocycles. The molecule has 4 heteroatoms. The molecule has 4 nitrogen and oxygen atoms in total. The quantitative estimate of drug-likeness (QED) is 0.577. The van der Waals surface area contributed by atoms with Gasteiger partial charge in [-0.15, -0.1) is 0 Å². The number of hydrogen-bond acceptors (Lipinski definition) is 3. The molecule has 0 aliphatic heterocycles. The third kappa shape index (κ3) is 2.01. The Morgan fingerprint density at radius 1 is 1.40 bits per heavy atom. The Labute approximate surface area is 90.2 Å². The van der Waals surface area contributed by atoms with Gasteiger partial charge in [0.2, 0.25) is 0 Å². The van der Waals surface area contributed by atoms with E-state index >= 15 is 0 Å². The normalized spacial score (nSPS) is 38.5. The fourth-order valence-corrected chi connectivity index (χ4v) is 3.31. The lowest BCUT2D eigenvalue weighted by Gasteiger charge is -2.29. The van der Waals surface area contributed by atoms with Crippen LogP contribution in [0.25, 0.3) is 0 Å². The van der Waals surface area contributed by atoms with Gasteiger partial charge in [-0.25, -0.2) is 0 Å².